The van der Waals surface area contributed by atoms with Crippen LogP contribution in [-0.4, -0.2) is 31.3 Å². The highest BCUT2D eigenvalue weighted by molar-refractivity contribution is 6.76. The maximum atomic E-state index is 12.7. The van der Waals surface area contributed by atoms with Gasteiger partial charge in [-0.3, -0.25) is 9.36 Å². The number of anilines is 1. The van der Waals surface area contributed by atoms with E-state index >= 15 is 0 Å². The van der Waals surface area contributed by atoms with Gasteiger partial charge in [0, 0.05) is 20.4 Å². The molecule has 0 amide bonds. The Bertz CT molecular complexity index is 766. The first-order valence-corrected chi connectivity index (χ1v) is 11.4. The molecule has 1 aromatic heterocycles. The third kappa shape index (κ3) is 3.91. The first-order chi connectivity index (χ1) is 10.7. The van der Waals surface area contributed by atoms with E-state index in [2.05, 4.69) is 24.6 Å². The molecule has 0 radical (unpaired) electrons. The van der Waals surface area contributed by atoms with Gasteiger partial charge in [0.1, 0.15) is 24.3 Å². The fourth-order valence-electron chi connectivity index (χ4n) is 2.25. The Balaban J connectivity index is 2.32. The number of hydrogen-bond acceptors (Lipinski definition) is 5. The average Bonchev–Trinajstić information content (AvgIpc) is 2.47. The van der Waals surface area contributed by atoms with Gasteiger partial charge in [-0.2, -0.15) is 0 Å². The van der Waals surface area contributed by atoms with E-state index in [9.17, 15) is 4.79 Å². The van der Waals surface area contributed by atoms with E-state index in [0.717, 1.165) is 11.6 Å². The summed E-state index contributed by atoms with van der Waals surface area (Å²) in [5.41, 5.74) is 7.59. The second kappa shape index (κ2) is 6.72. The molecule has 0 saturated heterocycles. The van der Waals surface area contributed by atoms with Crippen LogP contribution in [0.5, 0.6) is 5.75 Å². The molecule has 7 heteroatoms. The third-order valence-corrected chi connectivity index (χ3v) is 5.46. The number of aryl methyl sites for hydroxylation is 1. The van der Waals surface area contributed by atoms with Crippen LogP contribution < -0.4 is 16.0 Å². The number of ether oxygens (including phenoxy) is 2. The minimum atomic E-state index is -1.15. The lowest BCUT2D eigenvalue weighted by molar-refractivity contribution is 0.0844. The number of benzene rings is 1. The SMILES string of the molecule is COc1cc(C)c(N)c2c(=O)n(COCC[Si](C)(C)C)cnc12. The fraction of sp³-hybridized carbons (Fsp3) is 0.500. The number of nitrogen functional groups attached to an aromatic ring is 1. The average molecular weight is 335 g/mol. The first-order valence-electron chi connectivity index (χ1n) is 7.64. The van der Waals surface area contributed by atoms with E-state index in [1.807, 2.05) is 6.92 Å². The maximum Gasteiger partial charge on any atom is 0.265 e. The molecule has 2 aromatic rings. The molecule has 0 bridgehead atoms. The van der Waals surface area contributed by atoms with Crippen molar-refractivity contribution < 1.29 is 9.47 Å². The Morgan fingerprint density at radius 1 is 1.35 bits per heavy atom. The van der Waals surface area contributed by atoms with E-state index in [1.54, 1.807) is 13.2 Å². The number of aromatic nitrogens is 2. The normalized spacial score (nSPS) is 11.9. The minimum Gasteiger partial charge on any atom is -0.494 e. The molecule has 23 heavy (non-hydrogen) atoms. The van der Waals surface area contributed by atoms with Crippen LogP contribution in [0, 0.1) is 6.92 Å². The van der Waals surface area contributed by atoms with Gasteiger partial charge in [-0.05, 0) is 24.6 Å². The van der Waals surface area contributed by atoms with Crippen molar-refractivity contribution in [2.75, 3.05) is 19.5 Å². The molecule has 2 rings (SSSR count). The van der Waals surface area contributed by atoms with E-state index in [-0.39, 0.29) is 12.3 Å². The highest BCUT2D eigenvalue weighted by Gasteiger charge is 2.15. The number of methoxy groups -OCH3 is 1. The van der Waals surface area contributed by atoms with Gasteiger partial charge in [-0.15, -0.1) is 0 Å². The van der Waals surface area contributed by atoms with Gasteiger partial charge in [0.05, 0.1) is 12.5 Å². The Hall–Kier alpha value is -1.86. The lowest BCUT2D eigenvalue weighted by Gasteiger charge is -2.16. The van der Waals surface area contributed by atoms with Crippen molar-refractivity contribution in [3.63, 3.8) is 0 Å². The van der Waals surface area contributed by atoms with Gasteiger partial charge in [-0.1, -0.05) is 19.6 Å². The molecule has 0 atom stereocenters. The van der Waals surface area contributed by atoms with Gasteiger partial charge in [-0.25, -0.2) is 4.98 Å². The van der Waals surface area contributed by atoms with Crippen LogP contribution in [0.4, 0.5) is 5.69 Å². The predicted octanol–water partition coefficient (Wildman–Crippen LogP) is 2.61. The van der Waals surface area contributed by atoms with Gasteiger partial charge < -0.3 is 15.2 Å². The van der Waals surface area contributed by atoms with Crippen LogP contribution in [0.3, 0.4) is 0 Å². The number of nitrogens with two attached hydrogens (primary N) is 1. The zero-order valence-corrected chi connectivity index (χ0v) is 15.5. The smallest absolute Gasteiger partial charge is 0.265 e. The number of nitrogens with zero attached hydrogens (tertiary/aromatic N) is 2. The second-order valence-electron chi connectivity index (χ2n) is 6.90. The minimum absolute atomic E-state index is 0.182. The molecule has 0 aliphatic carbocycles. The lowest BCUT2D eigenvalue weighted by atomic mass is 10.1. The zero-order chi connectivity index (χ0) is 17.2. The summed E-state index contributed by atoms with van der Waals surface area (Å²) >= 11 is 0. The van der Waals surface area contributed by atoms with E-state index in [0.29, 0.717) is 28.9 Å². The molecule has 2 N–H and O–H groups in total. The molecule has 0 aliphatic rings. The van der Waals surface area contributed by atoms with Gasteiger partial charge in [0.2, 0.25) is 0 Å². The summed E-state index contributed by atoms with van der Waals surface area (Å²) in [7, 11) is 0.407. The molecule has 0 unspecified atom stereocenters. The van der Waals surface area contributed by atoms with Crippen molar-refractivity contribution in [3.8, 4) is 5.75 Å². The Morgan fingerprint density at radius 2 is 2.04 bits per heavy atom. The molecule has 1 heterocycles. The Morgan fingerprint density at radius 3 is 2.65 bits per heavy atom. The molecular weight excluding hydrogens is 310 g/mol. The van der Waals surface area contributed by atoms with Gasteiger partial charge >= 0.3 is 0 Å². The molecule has 0 saturated carbocycles. The number of rotatable bonds is 6. The summed E-state index contributed by atoms with van der Waals surface area (Å²) in [5.74, 6) is 0.551. The first kappa shape index (κ1) is 17.5. The van der Waals surface area contributed by atoms with Crippen molar-refractivity contribution in [1.82, 2.24) is 9.55 Å². The molecule has 0 fully saturated rings. The Labute approximate surface area is 137 Å². The number of hydrogen-bond donors (Lipinski definition) is 1. The van der Waals surface area contributed by atoms with Crippen LogP contribution in [0.1, 0.15) is 5.56 Å². The van der Waals surface area contributed by atoms with Crippen molar-refractivity contribution in [2.45, 2.75) is 39.3 Å². The van der Waals surface area contributed by atoms with Crippen LogP contribution >= 0.6 is 0 Å². The molecule has 126 valence electrons. The summed E-state index contributed by atoms with van der Waals surface area (Å²) in [6, 6.07) is 2.84. The largest absolute Gasteiger partial charge is 0.494 e. The van der Waals surface area contributed by atoms with Crippen LogP contribution in [0.15, 0.2) is 17.2 Å². The predicted molar refractivity (Wildman–Crippen MR) is 95.8 cm³/mol. The Kier molecular flexibility index (Phi) is 5.11. The molecule has 0 spiro atoms. The van der Waals surface area contributed by atoms with Crippen molar-refractivity contribution in [2.24, 2.45) is 0 Å². The van der Waals surface area contributed by atoms with Crippen molar-refractivity contribution in [3.05, 3.63) is 28.3 Å². The monoisotopic (exact) mass is 335 g/mol. The quantitative estimate of drug-likeness (QED) is 0.499. The summed E-state index contributed by atoms with van der Waals surface area (Å²) < 4.78 is 12.4. The van der Waals surface area contributed by atoms with E-state index in [4.69, 9.17) is 15.2 Å². The van der Waals surface area contributed by atoms with Crippen LogP contribution in [0.25, 0.3) is 10.9 Å². The molecule has 0 aliphatic heterocycles. The van der Waals surface area contributed by atoms with Gasteiger partial charge in [0.25, 0.3) is 5.56 Å². The van der Waals surface area contributed by atoms with Crippen molar-refractivity contribution >= 4 is 24.7 Å². The highest BCUT2D eigenvalue weighted by atomic mass is 28.3. The third-order valence-electron chi connectivity index (χ3n) is 3.76. The van der Waals surface area contributed by atoms with Crippen LogP contribution in [0.2, 0.25) is 25.7 Å². The fourth-order valence-corrected chi connectivity index (χ4v) is 3.00. The maximum absolute atomic E-state index is 12.7. The molecular formula is C16H25N3O3Si. The standard InChI is InChI=1S/C16H25N3O3Si/c1-11-8-12(21-2)15-13(14(11)17)16(20)19(9-18-15)10-22-6-7-23(3,4)5/h8-9H,6-7,10,17H2,1-5H3. The summed E-state index contributed by atoms with van der Waals surface area (Å²) in [6.07, 6.45) is 1.48. The van der Waals surface area contributed by atoms with Gasteiger partial charge in [0.15, 0.2) is 0 Å². The van der Waals surface area contributed by atoms with Crippen LogP contribution in [-0.2, 0) is 11.5 Å². The summed E-state index contributed by atoms with van der Waals surface area (Å²) in [6.45, 7) is 9.54. The molecule has 1 aromatic carbocycles. The zero-order valence-electron chi connectivity index (χ0n) is 14.5. The highest BCUT2D eigenvalue weighted by Crippen LogP contribution is 2.29. The summed E-state index contributed by atoms with van der Waals surface area (Å²) in [4.78, 5) is 17.0. The summed E-state index contributed by atoms with van der Waals surface area (Å²) in [5, 5.41) is 0.387. The molecule has 6 nitrogen and oxygen atoms in total. The lowest BCUT2D eigenvalue weighted by Crippen LogP contribution is -2.25. The van der Waals surface area contributed by atoms with E-state index in [1.165, 1.54) is 10.9 Å². The van der Waals surface area contributed by atoms with E-state index < -0.39 is 8.07 Å². The second-order valence-corrected chi connectivity index (χ2v) is 12.5. The van der Waals surface area contributed by atoms with Crippen molar-refractivity contribution in [1.29, 1.82) is 0 Å². The topological polar surface area (TPSA) is 79.4 Å². The number of fused-ring (bicyclic) bond motifs is 1.